The van der Waals surface area contributed by atoms with Crippen molar-refractivity contribution in [2.75, 3.05) is 6.54 Å². The molecule has 1 amide bonds. The highest BCUT2D eigenvalue weighted by atomic mass is 32.2. The van der Waals surface area contributed by atoms with Gasteiger partial charge < -0.3 is 4.90 Å². The molecular formula is C13H16N4O3S2. The van der Waals surface area contributed by atoms with Crippen LogP contribution in [-0.2, 0) is 16.6 Å². The molecule has 0 aromatic carbocycles. The third-order valence-electron chi connectivity index (χ3n) is 3.70. The Morgan fingerprint density at radius 2 is 2.32 bits per heavy atom. The minimum absolute atomic E-state index is 0.0127. The van der Waals surface area contributed by atoms with Crippen molar-refractivity contribution >= 4 is 27.3 Å². The van der Waals surface area contributed by atoms with Gasteiger partial charge in [0.05, 0.1) is 18.2 Å². The second-order valence-electron chi connectivity index (χ2n) is 5.22. The molecule has 2 aromatic rings. The summed E-state index contributed by atoms with van der Waals surface area (Å²) in [6, 6.07) is 3.27. The van der Waals surface area contributed by atoms with E-state index >= 15 is 0 Å². The van der Waals surface area contributed by atoms with Gasteiger partial charge in [0.2, 0.25) is 10.0 Å². The first kappa shape index (κ1) is 15.2. The van der Waals surface area contributed by atoms with Crippen LogP contribution in [0.4, 0.5) is 0 Å². The minimum Gasteiger partial charge on any atom is -0.334 e. The zero-order chi connectivity index (χ0) is 15.7. The Morgan fingerprint density at radius 1 is 1.50 bits per heavy atom. The minimum atomic E-state index is -3.76. The van der Waals surface area contributed by atoms with Crippen LogP contribution in [0.15, 0.2) is 34.1 Å². The fourth-order valence-electron chi connectivity index (χ4n) is 2.66. The van der Waals surface area contributed by atoms with Crippen LogP contribution in [0.3, 0.4) is 0 Å². The molecular weight excluding hydrogens is 324 g/mol. The van der Waals surface area contributed by atoms with Gasteiger partial charge in [0.15, 0.2) is 0 Å². The molecule has 1 aliphatic heterocycles. The van der Waals surface area contributed by atoms with Crippen molar-refractivity contribution in [2.45, 2.75) is 29.6 Å². The summed E-state index contributed by atoms with van der Waals surface area (Å²) in [5.41, 5.74) is 0.376. The number of hydrogen-bond donors (Lipinski definition) is 1. The number of rotatable bonds is 4. The van der Waals surface area contributed by atoms with Crippen LogP contribution in [0.25, 0.3) is 0 Å². The Balaban J connectivity index is 1.77. The van der Waals surface area contributed by atoms with E-state index in [1.54, 1.807) is 21.2 Å². The topological polar surface area (TPSA) is 98.3 Å². The number of likely N-dealkylation sites (tertiary alicyclic amines) is 1. The number of nitrogens with two attached hydrogens (primary N) is 1. The van der Waals surface area contributed by atoms with E-state index in [1.165, 1.54) is 6.07 Å². The van der Waals surface area contributed by atoms with Gasteiger partial charge in [-0.1, -0.05) is 0 Å². The van der Waals surface area contributed by atoms with Crippen molar-refractivity contribution < 1.29 is 13.2 Å². The molecule has 22 heavy (non-hydrogen) atoms. The third kappa shape index (κ3) is 3.06. The van der Waals surface area contributed by atoms with Crippen LogP contribution in [0, 0.1) is 0 Å². The van der Waals surface area contributed by atoms with Crippen molar-refractivity contribution in [3.05, 3.63) is 35.5 Å². The van der Waals surface area contributed by atoms with Gasteiger partial charge in [-0.15, -0.1) is 11.3 Å². The Morgan fingerprint density at radius 3 is 2.95 bits per heavy atom. The summed E-state index contributed by atoms with van der Waals surface area (Å²) in [7, 11) is -3.76. The van der Waals surface area contributed by atoms with E-state index < -0.39 is 10.0 Å². The van der Waals surface area contributed by atoms with E-state index in [-0.39, 0.29) is 16.2 Å². The molecule has 1 saturated heterocycles. The molecule has 0 radical (unpaired) electrons. The van der Waals surface area contributed by atoms with Gasteiger partial charge in [-0.05, 0) is 25.0 Å². The lowest BCUT2D eigenvalue weighted by Crippen LogP contribution is -2.38. The molecule has 118 valence electrons. The number of aromatic nitrogens is 2. The Kier molecular flexibility index (Phi) is 4.02. The molecule has 1 fully saturated rings. The fraction of sp³-hybridized carbons (Fsp3) is 0.385. The Hall–Kier alpha value is -1.71. The van der Waals surface area contributed by atoms with Crippen LogP contribution in [0.1, 0.15) is 23.2 Å². The molecule has 0 unspecified atom stereocenters. The number of carbonyl (C=O) groups excluding carboxylic acids is 1. The highest BCUT2D eigenvalue weighted by molar-refractivity contribution is 7.91. The molecule has 1 atom stereocenters. The molecule has 7 nitrogen and oxygen atoms in total. The molecule has 0 aliphatic carbocycles. The van der Waals surface area contributed by atoms with Crippen LogP contribution >= 0.6 is 11.3 Å². The predicted molar refractivity (Wildman–Crippen MR) is 82.0 cm³/mol. The number of primary sulfonamides is 1. The second-order valence-corrected chi connectivity index (χ2v) is 7.92. The van der Waals surface area contributed by atoms with Gasteiger partial charge in [0, 0.05) is 24.3 Å². The SMILES string of the molecule is NS(=O)(=O)c1cc(C(=O)N2CCC[C@@H]2Cn2cccn2)cs1. The van der Waals surface area contributed by atoms with E-state index in [4.69, 9.17) is 5.14 Å². The van der Waals surface area contributed by atoms with Crippen molar-refractivity contribution in [2.24, 2.45) is 5.14 Å². The number of hydrogen-bond acceptors (Lipinski definition) is 5. The van der Waals surface area contributed by atoms with Gasteiger partial charge in [-0.2, -0.15) is 5.10 Å². The smallest absolute Gasteiger partial charge is 0.255 e. The monoisotopic (exact) mass is 340 g/mol. The van der Waals surface area contributed by atoms with E-state index in [9.17, 15) is 13.2 Å². The fourth-order valence-corrected chi connectivity index (χ4v) is 4.24. The summed E-state index contributed by atoms with van der Waals surface area (Å²) >= 11 is 0.972. The lowest BCUT2D eigenvalue weighted by molar-refractivity contribution is 0.0722. The van der Waals surface area contributed by atoms with Gasteiger partial charge >= 0.3 is 0 Å². The van der Waals surface area contributed by atoms with E-state index in [0.717, 1.165) is 24.2 Å². The second kappa shape index (κ2) is 5.82. The normalized spacial score (nSPS) is 18.8. The van der Waals surface area contributed by atoms with E-state index in [1.807, 2.05) is 12.3 Å². The van der Waals surface area contributed by atoms with E-state index in [0.29, 0.717) is 18.7 Å². The molecule has 9 heteroatoms. The van der Waals surface area contributed by atoms with Gasteiger partial charge in [0.1, 0.15) is 4.21 Å². The molecule has 0 bridgehead atoms. The molecule has 0 spiro atoms. The molecule has 2 N–H and O–H groups in total. The number of carbonyl (C=O) groups is 1. The zero-order valence-electron chi connectivity index (χ0n) is 11.8. The average molecular weight is 340 g/mol. The maximum absolute atomic E-state index is 12.6. The molecule has 0 saturated carbocycles. The van der Waals surface area contributed by atoms with Gasteiger partial charge in [-0.25, -0.2) is 13.6 Å². The van der Waals surface area contributed by atoms with Crippen molar-refractivity contribution in [1.82, 2.24) is 14.7 Å². The average Bonchev–Trinajstić information content (AvgIpc) is 3.19. The van der Waals surface area contributed by atoms with Crippen LogP contribution in [-0.4, -0.2) is 41.6 Å². The predicted octanol–water partition coefficient (Wildman–Crippen LogP) is 0.897. The third-order valence-corrected chi connectivity index (χ3v) is 6.08. The first-order valence-corrected chi connectivity index (χ1v) is 9.27. The first-order chi connectivity index (χ1) is 10.4. The largest absolute Gasteiger partial charge is 0.334 e. The van der Waals surface area contributed by atoms with E-state index in [2.05, 4.69) is 5.10 Å². The Labute approximate surface area is 132 Å². The Bertz CT molecular complexity index is 767. The summed E-state index contributed by atoms with van der Waals surface area (Å²) in [6.45, 7) is 1.32. The first-order valence-electron chi connectivity index (χ1n) is 6.85. The lowest BCUT2D eigenvalue weighted by atomic mass is 10.2. The van der Waals surface area contributed by atoms with Crippen molar-refractivity contribution in [3.8, 4) is 0 Å². The summed E-state index contributed by atoms with van der Waals surface area (Å²) < 4.78 is 24.5. The lowest BCUT2D eigenvalue weighted by Gasteiger charge is -2.24. The van der Waals surface area contributed by atoms with Crippen molar-refractivity contribution in [1.29, 1.82) is 0 Å². The van der Waals surface area contributed by atoms with Gasteiger partial charge in [-0.3, -0.25) is 9.48 Å². The van der Waals surface area contributed by atoms with Crippen LogP contribution in [0.2, 0.25) is 0 Å². The van der Waals surface area contributed by atoms with Gasteiger partial charge in [0.25, 0.3) is 5.91 Å². The van der Waals surface area contributed by atoms with Crippen molar-refractivity contribution in [3.63, 3.8) is 0 Å². The summed E-state index contributed by atoms with van der Waals surface area (Å²) in [6.07, 6.45) is 5.42. The molecule has 1 aliphatic rings. The highest BCUT2D eigenvalue weighted by Crippen LogP contribution is 2.25. The highest BCUT2D eigenvalue weighted by Gasteiger charge is 2.30. The van der Waals surface area contributed by atoms with Crippen LogP contribution in [0.5, 0.6) is 0 Å². The molecule has 2 aromatic heterocycles. The maximum atomic E-state index is 12.6. The summed E-state index contributed by atoms with van der Waals surface area (Å²) in [5, 5.41) is 10.8. The number of sulfonamides is 1. The number of thiophene rings is 1. The standard InChI is InChI=1S/C13H16N4O3S2/c14-22(19,20)12-7-10(9-21-12)13(18)17-6-1-3-11(17)8-16-5-2-4-15-16/h2,4-5,7,9,11H,1,3,6,8H2,(H2,14,19,20)/t11-/m1/s1. The summed E-state index contributed by atoms with van der Waals surface area (Å²) in [4.78, 5) is 14.4. The maximum Gasteiger partial charge on any atom is 0.255 e. The summed E-state index contributed by atoms with van der Waals surface area (Å²) in [5.74, 6) is -0.152. The quantitative estimate of drug-likeness (QED) is 0.894. The zero-order valence-corrected chi connectivity index (χ0v) is 13.4. The molecule has 3 rings (SSSR count). The number of nitrogens with zero attached hydrogens (tertiary/aromatic N) is 3. The van der Waals surface area contributed by atoms with Crippen LogP contribution < -0.4 is 5.14 Å². The number of amides is 1. The molecule has 3 heterocycles.